The average Bonchev–Trinajstić information content (AvgIpc) is 2.28. The summed E-state index contributed by atoms with van der Waals surface area (Å²) >= 11 is 0. The third-order valence-electron chi connectivity index (χ3n) is 2.69. The monoisotopic (exact) mass is 243 g/mol. The second kappa shape index (κ2) is 6.19. The summed E-state index contributed by atoms with van der Waals surface area (Å²) in [6, 6.07) is -1.23. The number of hydrogen-bond acceptors (Lipinski definition) is 4. The highest BCUT2D eigenvalue weighted by molar-refractivity contribution is 5.89. The van der Waals surface area contributed by atoms with E-state index in [2.05, 4.69) is 10.6 Å². The summed E-state index contributed by atoms with van der Waals surface area (Å²) in [5.74, 6) is -2.58. The summed E-state index contributed by atoms with van der Waals surface area (Å²) in [6.45, 7) is 1.40. The van der Waals surface area contributed by atoms with Crippen molar-refractivity contribution in [1.29, 1.82) is 0 Å². The molecular formula is C10H17N3O4. The number of carboxylic acids is 1. The Labute approximate surface area is 98.7 Å². The van der Waals surface area contributed by atoms with E-state index in [0.717, 1.165) is 19.4 Å². The minimum absolute atomic E-state index is 0.238. The topological polar surface area (TPSA) is 122 Å². The molecule has 5 N–H and O–H groups in total. The number of piperidine rings is 1. The van der Waals surface area contributed by atoms with Crippen LogP contribution in [0.3, 0.4) is 0 Å². The van der Waals surface area contributed by atoms with E-state index >= 15 is 0 Å². The lowest BCUT2D eigenvalue weighted by Gasteiger charge is -2.23. The maximum atomic E-state index is 11.7. The van der Waals surface area contributed by atoms with Gasteiger partial charge in [-0.15, -0.1) is 0 Å². The van der Waals surface area contributed by atoms with Gasteiger partial charge in [-0.1, -0.05) is 0 Å². The molecule has 0 aromatic rings. The van der Waals surface area contributed by atoms with Crippen LogP contribution in [0.2, 0.25) is 0 Å². The quantitative estimate of drug-likeness (QED) is 0.465. The summed E-state index contributed by atoms with van der Waals surface area (Å²) in [5.41, 5.74) is 4.92. The van der Waals surface area contributed by atoms with E-state index in [1.54, 1.807) is 0 Å². The molecule has 17 heavy (non-hydrogen) atoms. The number of primary amides is 1. The lowest BCUT2D eigenvalue weighted by molar-refractivity contribution is -0.144. The molecule has 1 saturated heterocycles. The standard InChI is InChI=1S/C10H17N3O4/c11-8(14)4-7(10(16)17)13-9(15)6-2-1-3-12-5-6/h6-7,12H,1-5H2,(H2,11,14)(H,13,15)(H,16,17). The number of carboxylic acid groups (broad SMARTS) is 1. The summed E-state index contributed by atoms with van der Waals surface area (Å²) in [7, 11) is 0. The Hall–Kier alpha value is -1.63. The number of rotatable bonds is 5. The molecule has 0 aromatic carbocycles. The zero-order chi connectivity index (χ0) is 12.8. The molecule has 2 amide bonds. The third-order valence-corrected chi connectivity index (χ3v) is 2.69. The molecule has 1 fully saturated rings. The van der Waals surface area contributed by atoms with Crippen molar-refractivity contribution < 1.29 is 19.5 Å². The third kappa shape index (κ3) is 4.39. The zero-order valence-electron chi connectivity index (χ0n) is 9.44. The van der Waals surface area contributed by atoms with E-state index in [1.807, 2.05) is 0 Å². The predicted molar refractivity (Wildman–Crippen MR) is 59.0 cm³/mol. The van der Waals surface area contributed by atoms with Crippen LogP contribution >= 0.6 is 0 Å². The molecule has 2 unspecified atom stereocenters. The van der Waals surface area contributed by atoms with Gasteiger partial charge in [0.15, 0.2) is 0 Å². The van der Waals surface area contributed by atoms with Crippen molar-refractivity contribution in [2.24, 2.45) is 11.7 Å². The lowest BCUT2D eigenvalue weighted by atomic mass is 9.98. The molecule has 96 valence electrons. The molecule has 0 radical (unpaired) electrons. The molecule has 0 bridgehead atoms. The molecular weight excluding hydrogens is 226 g/mol. The number of nitrogens with two attached hydrogens (primary N) is 1. The Kier molecular flexibility index (Phi) is 4.89. The van der Waals surface area contributed by atoms with Gasteiger partial charge in [-0.2, -0.15) is 0 Å². The second-order valence-corrected chi connectivity index (χ2v) is 4.11. The minimum atomic E-state index is -1.25. The van der Waals surface area contributed by atoms with Crippen molar-refractivity contribution in [3.8, 4) is 0 Å². The van der Waals surface area contributed by atoms with Crippen LogP contribution in [-0.2, 0) is 14.4 Å². The molecule has 1 aliphatic heterocycles. The Bertz CT molecular complexity index is 313. The summed E-state index contributed by atoms with van der Waals surface area (Å²) in [6.07, 6.45) is 1.22. The number of aliphatic carboxylic acids is 1. The molecule has 7 nitrogen and oxygen atoms in total. The predicted octanol–water partition coefficient (Wildman–Crippen LogP) is -1.57. The van der Waals surface area contributed by atoms with Gasteiger partial charge in [-0.25, -0.2) is 4.79 Å². The Balaban J connectivity index is 2.50. The van der Waals surface area contributed by atoms with Gasteiger partial charge in [0, 0.05) is 6.54 Å². The van der Waals surface area contributed by atoms with E-state index in [9.17, 15) is 14.4 Å². The molecule has 7 heteroatoms. The number of carbonyl (C=O) groups excluding carboxylic acids is 2. The summed E-state index contributed by atoms with van der Waals surface area (Å²) < 4.78 is 0. The Morgan fingerprint density at radius 3 is 2.65 bits per heavy atom. The van der Waals surface area contributed by atoms with Crippen molar-refractivity contribution in [3.63, 3.8) is 0 Å². The highest BCUT2D eigenvalue weighted by atomic mass is 16.4. The lowest BCUT2D eigenvalue weighted by Crippen LogP contribution is -2.48. The number of hydrogen-bond donors (Lipinski definition) is 4. The van der Waals surface area contributed by atoms with E-state index in [-0.39, 0.29) is 18.2 Å². The summed E-state index contributed by atoms with van der Waals surface area (Å²) in [5, 5.41) is 14.2. The molecule has 0 aromatic heterocycles. The fraction of sp³-hybridized carbons (Fsp3) is 0.700. The molecule has 2 atom stereocenters. The van der Waals surface area contributed by atoms with Crippen LogP contribution in [0, 0.1) is 5.92 Å². The zero-order valence-corrected chi connectivity index (χ0v) is 9.44. The molecule has 1 heterocycles. The maximum Gasteiger partial charge on any atom is 0.326 e. The van der Waals surface area contributed by atoms with Crippen molar-refractivity contribution in [1.82, 2.24) is 10.6 Å². The molecule has 0 aliphatic carbocycles. The minimum Gasteiger partial charge on any atom is -0.480 e. The van der Waals surface area contributed by atoms with Crippen LogP contribution in [0.5, 0.6) is 0 Å². The summed E-state index contributed by atoms with van der Waals surface area (Å²) in [4.78, 5) is 33.2. The Morgan fingerprint density at radius 1 is 1.47 bits per heavy atom. The largest absolute Gasteiger partial charge is 0.480 e. The van der Waals surface area contributed by atoms with Crippen molar-refractivity contribution in [2.45, 2.75) is 25.3 Å². The van der Waals surface area contributed by atoms with Crippen LogP contribution < -0.4 is 16.4 Å². The SMILES string of the molecule is NC(=O)CC(NC(=O)C1CCCNC1)C(=O)O. The fourth-order valence-electron chi connectivity index (χ4n) is 1.77. The van der Waals surface area contributed by atoms with Gasteiger partial charge in [0.05, 0.1) is 12.3 Å². The van der Waals surface area contributed by atoms with Crippen LogP contribution in [0.25, 0.3) is 0 Å². The fourth-order valence-corrected chi connectivity index (χ4v) is 1.77. The van der Waals surface area contributed by atoms with Gasteiger partial charge in [-0.3, -0.25) is 9.59 Å². The second-order valence-electron chi connectivity index (χ2n) is 4.11. The Morgan fingerprint density at radius 2 is 2.18 bits per heavy atom. The van der Waals surface area contributed by atoms with E-state index in [0.29, 0.717) is 6.54 Å². The number of amides is 2. The first-order valence-corrected chi connectivity index (χ1v) is 5.53. The molecule has 0 saturated carbocycles. The van der Waals surface area contributed by atoms with E-state index in [4.69, 9.17) is 10.8 Å². The van der Waals surface area contributed by atoms with Gasteiger partial charge >= 0.3 is 5.97 Å². The van der Waals surface area contributed by atoms with Crippen molar-refractivity contribution >= 4 is 17.8 Å². The van der Waals surface area contributed by atoms with Gasteiger partial charge in [0.25, 0.3) is 0 Å². The smallest absolute Gasteiger partial charge is 0.326 e. The molecule has 0 spiro atoms. The van der Waals surface area contributed by atoms with Crippen LogP contribution in [0.15, 0.2) is 0 Å². The highest BCUT2D eigenvalue weighted by Crippen LogP contribution is 2.10. The van der Waals surface area contributed by atoms with Gasteiger partial charge in [-0.05, 0) is 19.4 Å². The van der Waals surface area contributed by atoms with Crippen LogP contribution in [0.1, 0.15) is 19.3 Å². The van der Waals surface area contributed by atoms with Gasteiger partial charge in [0.2, 0.25) is 11.8 Å². The van der Waals surface area contributed by atoms with Crippen molar-refractivity contribution in [3.05, 3.63) is 0 Å². The van der Waals surface area contributed by atoms with Crippen LogP contribution in [0.4, 0.5) is 0 Å². The van der Waals surface area contributed by atoms with E-state index < -0.39 is 17.9 Å². The van der Waals surface area contributed by atoms with Gasteiger partial charge in [0.1, 0.15) is 6.04 Å². The first kappa shape index (κ1) is 13.4. The molecule has 1 aliphatic rings. The number of carbonyl (C=O) groups is 3. The molecule has 1 rings (SSSR count). The first-order valence-electron chi connectivity index (χ1n) is 5.53. The first-order chi connectivity index (χ1) is 8.00. The maximum absolute atomic E-state index is 11.7. The van der Waals surface area contributed by atoms with E-state index in [1.165, 1.54) is 0 Å². The number of nitrogens with one attached hydrogen (secondary N) is 2. The normalized spacial score (nSPS) is 21.5. The van der Waals surface area contributed by atoms with Crippen LogP contribution in [-0.4, -0.2) is 42.0 Å². The average molecular weight is 243 g/mol. The highest BCUT2D eigenvalue weighted by Gasteiger charge is 2.27. The van der Waals surface area contributed by atoms with Gasteiger partial charge < -0.3 is 21.5 Å². The van der Waals surface area contributed by atoms with Crippen molar-refractivity contribution in [2.75, 3.05) is 13.1 Å².